The molecule has 0 amide bonds. The lowest BCUT2D eigenvalue weighted by Crippen LogP contribution is -2.08. The molecule has 0 aromatic carbocycles. The Morgan fingerprint density at radius 3 is 1.36 bits per heavy atom. The van der Waals surface area contributed by atoms with Crippen molar-refractivity contribution in [1.29, 1.82) is 0 Å². The van der Waals surface area contributed by atoms with Gasteiger partial charge >= 0.3 is 0 Å². The van der Waals surface area contributed by atoms with Gasteiger partial charge in [-0.25, -0.2) is 0 Å². The Balaban J connectivity index is 1.65. The van der Waals surface area contributed by atoms with E-state index in [1.807, 2.05) is 0 Å². The summed E-state index contributed by atoms with van der Waals surface area (Å²) in [6.45, 7) is 2.30. The molecule has 1 saturated carbocycles. The van der Waals surface area contributed by atoms with Gasteiger partial charge in [0.2, 0.25) is 0 Å². The third-order valence-corrected chi connectivity index (χ3v) is 7.37. The maximum atomic E-state index is 2.30. The van der Waals surface area contributed by atoms with Crippen LogP contribution in [0.15, 0.2) is 0 Å². The first kappa shape index (κ1) is 23.4. The van der Waals surface area contributed by atoms with E-state index in [2.05, 4.69) is 18.7 Å². The van der Waals surface area contributed by atoms with Gasteiger partial charge in [0.05, 0.1) is 0 Å². The van der Waals surface area contributed by atoms with Gasteiger partial charge in [-0.1, -0.05) is 122 Å². The van der Waals surface area contributed by atoms with Gasteiger partial charge in [-0.2, -0.15) is 11.8 Å². The minimum Gasteiger partial charge on any atom is -0.159 e. The highest BCUT2D eigenvalue weighted by molar-refractivity contribution is 7.99. The second kappa shape index (κ2) is 19.1. The normalized spacial score (nSPS) is 15.7. The van der Waals surface area contributed by atoms with E-state index in [1.165, 1.54) is 141 Å². The van der Waals surface area contributed by atoms with Crippen molar-refractivity contribution >= 4 is 11.8 Å². The predicted octanol–water partition coefficient (Wildman–Crippen LogP) is 9.31. The maximum Gasteiger partial charge on any atom is 0.00470 e. The summed E-state index contributed by atoms with van der Waals surface area (Å²) >= 11 is 2.28. The van der Waals surface area contributed by atoms with E-state index in [4.69, 9.17) is 0 Å². The molecule has 0 spiro atoms. The minimum atomic E-state index is 1.02. The molecule has 0 heterocycles. The van der Waals surface area contributed by atoms with Crippen LogP contribution in [0.1, 0.15) is 142 Å². The first-order valence-corrected chi connectivity index (χ1v) is 13.1. The van der Waals surface area contributed by atoms with Crippen molar-refractivity contribution in [3.63, 3.8) is 0 Å². The Morgan fingerprint density at radius 2 is 0.920 bits per heavy atom. The Labute approximate surface area is 164 Å². The zero-order valence-corrected chi connectivity index (χ0v) is 18.4. The number of unbranched alkanes of at least 4 members (excludes halogenated alkanes) is 15. The highest BCUT2D eigenvalue weighted by Gasteiger charge is 2.12. The zero-order valence-electron chi connectivity index (χ0n) is 17.5. The van der Waals surface area contributed by atoms with Crippen LogP contribution in [0.2, 0.25) is 0 Å². The molecule has 1 heteroatoms. The number of thioether (sulfide) groups is 1. The van der Waals surface area contributed by atoms with Crippen molar-refractivity contribution in [1.82, 2.24) is 0 Å². The lowest BCUT2D eigenvalue weighted by molar-refractivity contribution is 0.515. The van der Waals surface area contributed by atoms with E-state index in [9.17, 15) is 0 Å². The summed E-state index contributed by atoms with van der Waals surface area (Å²) < 4.78 is 0. The summed E-state index contributed by atoms with van der Waals surface area (Å²) in [4.78, 5) is 0. The lowest BCUT2D eigenvalue weighted by Gasteiger charge is -2.20. The molecule has 0 saturated heterocycles. The van der Waals surface area contributed by atoms with Crippen LogP contribution in [0.4, 0.5) is 0 Å². The van der Waals surface area contributed by atoms with Gasteiger partial charge in [0.15, 0.2) is 0 Å². The Morgan fingerprint density at radius 1 is 0.520 bits per heavy atom. The standard InChI is InChI=1S/C24H48S/c1-2-3-4-5-6-7-8-9-10-11-12-13-14-15-16-20-23-25-24-21-18-17-19-22-24/h24H,2-23H2,1H3. The van der Waals surface area contributed by atoms with Crippen LogP contribution in [0, 0.1) is 0 Å². The van der Waals surface area contributed by atoms with Crippen molar-refractivity contribution < 1.29 is 0 Å². The van der Waals surface area contributed by atoms with Gasteiger partial charge in [0, 0.05) is 5.25 Å². The van der Waals surface area contributed by atoms with E-state index in [1.54, 1.807) is 0 Å². The second-order valence-corrected chi connectivity index (χ2v) is 9.84. The van der Waals surface area contributed by atoms with E-state index in [0.717, 1.165) is 5.25 Å². The monoisotopic (exact) mass is 368 g/mol. The third-order valence-electron chi connectivity index (χ3n) is 5.90. The summed E-state index contributed by atoms with van der Waals surface area (Å²) in [5.41, 5.74) is 0. The Bertz CT molecular complexity index is 244. The summed E-state index contributed by atoms with van der Waals surface area (Å²) in [5.74, 6) is 1.43. The zero-order chi connectivity index (χ0) is 17.8. The molecule has 0 unspecified atom stereocenters. The van der Waals surface area contributed by atoms with Crippen LogP contribution in [0.3, 0.4) is 0 Å². The number of hydrogen-bond donors (Lipinski definition) is 0. The number of rotatable bonds is 18. The molecule has 150 valence electrons. The van der Waals surface area contributed by atoms with Crippen LogP contribution in [-0.2, 0) is 0 Å². The van der Waals surface area contributed by atoms with Crippen molar-refractivity contribution in [3.8, 4) is 0 Å². The Hall–Kier alpha value is 0.350. The molecule has 1 rings (SSSR count). The van der Waals surface area contributed by atoms with E-state index in [-0.39, 0.29) is 0 Å². The molecule has 1 fully saturated rings. The summed E-state index contributed by atoms with van der Waals surface area (Å²) in [7, 11) is 0. The first-order chi connectivity index (χ1) is 12.4. The van der Waals surface area contributed by atoms with Gasteiger partial charge in [-0.15, -0.1) is 0 Å². The SMILES string of the molecule is CCCCCCCCCCCCCCCCCCSC1CCCCC1. The molecular formula is C24H48S. The van der Waals surface area contributed by atoms with Crippen molar-refractivity contribution in [3.05, 3.63) is 0 Å². The van der Waals surface area contributed by atoms with Crippen LogP contribution in [0.5, 0.6) is 0 Å². The largest absolute Gasteiger partial charge is 0.159 e. The maximum absolute atomic E-state index is 2.30. The average Bonchev–Trinajstić information content (AvgIpc) is 2.65. The number of hydrogen-bond acceptors (Lipinski definition) is 1. The predicted molar refractivity (Wildman–Crippen MR) is 119 cm³/mol. The topological polar surface area (TPSA) is 0 Å². The summed E-state index contributed by atoms with van der Waals surface area (Å²) in [5, 5.41) is 1.02. The average molecular weight is 369 g/mol. The van der Waals surface area contributed by atoms with E-state index < -0.39 is 0 Å². The molecule has 0 radical (unpaired) electrons. The molecule has 0 aliphatic heterocycles. The van der Waals surface area contributed by atoms with Crippen LogP contribution in [-0.4, -0.2) is 11.0 Å². The molecule has 0 bridgehead atoms. The second-order valence-electron chi connectivity index (χ2n) is 8.43. The molecule has 0 N–H and O–H groups in total. The molecule has 0 aromatic heterocycles. The summed E-state index contributed by atoms with van der Waals surface area (Å²) in [6.07, 6.45) is 31.1. The van der Waals surface area contributed by atoms with Crippen molar-refractivity contribution in [2.75, 3.05) is 5.75 Å². The fourth-order valence-electron chi connectivity index (χ4n) is 4.13. The highest BCUT2D eigenvalue weighted by Crippen LogP contribution is 2.28. The summed E-state index contributed by atoms with van der Waals surface area (Å²) in [6, 6.07) is 0. The van der Waals surface area contributed by atoms with Gasteiger partial charge < -0.3 is 0 Å². The van der Waals surface area contributed by atoms with Crippen LogP contribution >= 0.6 is 11.8 Å². The quantitative estimate of drug-likeness (QED) is 0.217. The smallest absolute Gasteiger partial charge is 0.00470 e. The van der Waals surface area contributed by atoms with Gasteiger partial charge in [0.1, 0.15) is 0 Å². The molecule has 1 aliphatic rings. The first-order valence-electron chi connectivity index (χ1n) is 12.0. The molecule has 0 atom stereocenters. The molecular weight excluding hydrogens is 320 g/mol. The van der Waals surface area contributed by atoms with Crippen molar-refractivity contribution in [2.24, 2.45) is 0 Å². The highest BCUT2D eigenvalue weighted by atomic mass is 32.2. The van der Waals surface area contributed by atoms with Crippen LogP contribution in [0.25, 0.3) is 0 Å². The van der Waals surface area contributed by atoms with Crippen LogP contribution < -0.4 is 0 Å². The van der Waals surface area contributed by atoms with Gasteiger partial charge in [-0.3, -0.25) is 0 Å². The van der Waals surface area contributed by atoms with Crippen molar-refractivity contribution in [2.45, 2.75) is 147 Å². The molecule has 1 aliphatic carbocycles. The Kier molecular flexibility index (Phi) is 17.9. The third kappa shape index (κ3) is 16.3. The fraction of sp³-hybridized carbons (Fsp3) is 1.00. The lowest BCUT2D eigenvalue weighted by atomic mass is 10.0. The van der Waals surface area contributed by atoms with E-state index in [0.29, 0.717) is 0 Å². The molecule has 0 aromatic rings. The fourth-order valence-corrected chi connectivity index (χ4v) is 5.50. The molecule has 25 heavy (non-hydrogen) atoms. The van der Waals surface area contributed by atoms with Gasteiger partial charge in [0.25, 0.3) is 0 Å². The molecule has 0 nitrogen and oxygen atoms in total. The van der Waals surface area contributed by atoms with E-state index >= 15 is 0 Å². The van der Waals surface area contributed by atoms with Gasteiger partial charge in [-0.05, 0) is 25.0 Å². The minimum absolute atomic E-state index is 1.02.